The van der Waals surface area contributed by atoms with Gasteiger partial charge in [0.05, 0.1) is 12.2 Å². The Morgan fingerprint density at radius 3 is 2.48 bits per heavy atom. The van der Waals surface area contributed by atoms with E-state index in [-0.39, 0.29) is 12.2 Å². The van der Waals surface area contributed by atoms with E-state index in [1.807, 2.05) is 30.3 Å². The van der Waals surface area contributed by atoms with Crippen molar-refractivity contribution in [3.63, 3.8) is 0 Å². The molecule has 2 atom stereocenters. The number of ether oxygens (including phenoxy) is 1. The molecule has 0 aliphatic carbocycles. The summed E-state index contributed by atoms with van der Waals surface area (Å²) in [6.45, 7) is 5.63. The van der Waals surface area contributed by atoms with Crippen LogP contribution in [0.3, 0.4) is 0 Å². The molecule has 0 saturated carbocycles. The Kier molecular flexibility index (Phi) is 4.15. The van der Waals surface area contributed by atoms with Gasteiger partial charge in [0.2, 0.25) is 5.95 Å². The van der Waals surface area contributed by atoms with Gasteiger partial charge in [-0.15, -0.1) is 0 Å². The lowest BCUT2D eigenvalue weighted by molar-refractivity contribution is -0.00569. The quantitative estimate of drug-likeness (QED) is 0.788. The number of anilines is 3. The molecule has 1 saturated heterocycles. The smallest absolute Gasteiger partial charge is 0.229 e. The SMILES string of the molecule is CC1CN(c2nc(Nc3ccccc3)c3nccnc3n2)CC(C)O1. The van der Waals surface area contributed by atoms with Crippen molar-refractivity contribution in [2.45, 2.75) is 26.1 Å². The van der Waals surface area contributed by atoms with Crippen molar-refractivity contribution < 1.29 is 4.74 Å². The molecule has 7 heteroatoms. The van der Waals surface area contributed by atoms with Crippen molar-refractivity contribution in [3.8, 4) is 0 Å². The molecule has 1 N–H and O–H groups in total. The first-order valence-electron chi connectivity index (χ1n) is 8.40. The monoisotopic (exact) mass is 336 g/mol. The van der Waals surface area contributed by atoms with E-state index < -0.39 is 0 Å². The van der Waals surface area contributed by atoms with Crippen molar-refractivity contribution >= 4 is 28.6 Å². The van der Waals surface area contributed by atoms with E-state index in [1.165, 1.54) is 0 Å². The van der Waals surface area contributed by atoms with Crippen LogP contribution in [0.5, 0.6) is 0 Å². The lowest BCUT2D eigenvalue weighted by Gasteiger charge is -2.35. The lowest BCUT2D eigenvalue weighted by atomic mass is 10.2. The minimum atomic E-state index is 0.135. The number of rotatable bonds is 3. The summed E-state index contributed by atoms with van der Waals surface area (Å²) in [5.74, 6) is 1.31. The van der Waals surface area contributed by atoms with Crippen LogP contribution in [0, 0.1) is 0 Å². The zero-order valence-corrected chi connectivity index (χ0v) is 14.3. The van der Waals surface area contributed by atoms with E-state index in [2.05, 4.69) is 39.0 Å². The molecule has 3 aromatic rings. The van der Waals surface area contributed by atoms with Crippen LogP contribution < -0.4 is 10.2 Å². The Labute approximate surface area is 146 Å². The lowest BCUT2D eigenvalue weighted by Crippen LogP contribution is -2.46. The van der Waals surface area contributed by atoms with E-state index in [0.717, 1.165) is 18.8 Å². The Morgan fingerprint density at radius 1 is 1.00 bits per heavy atom. The second-order valence-electron chi connectivity index (χ2n) is 6.25. The first kappa shape index (κ1) is 15.7. The van der Waals surface area contributed by atoms with Gasteiger partial charge in [-0.1, -0.05) is 18.2 Å². The summed E-state index contributed by atoms with van der Waals surface area (Å²) in [5.41, 5.74) is 2.19. The fourth-order valence-corrected chi connectivity index (χ4v) is 3.08. The Bertz CT molecular complexity index is 862. The molecular formula is C18H20N6O. The predicted molar refractivity (Wildman–Crippen MR) is 97.1 cm³/mol. The molecule has 0 amide bonds. The first-order chi connectivity index (χ1) is 12.2. The van der Waals surface area contributed by atoms with Gasteiger partial charge in [0.25, 0.3) is 0 Å². The van der Waals surface area contributed by atoms with Gasteiger partial charge in [0.15, 0.2) is 17.0 Å². The molecule has 0 bridgehead atoms. The third kappa shape index (κ3) is 3.36. The standard InChI is InChI=1S/C18H20N6O/c1-12-10-24(11-13(2)25-12)18-22-16-15(19-8-9-20-16)17(23-18)21-14-6-4-3-5-7-14/h3-9,12-13H,10-11H2,1-2H3,(H,20,21,22,23). The highest BCUT2D eigenvalue weighted by molar-refractivity contribution is 5.85. The number of nitrogens with zero attached hydrogens (tertiary/aromatic N) is 5. The average Bonchev–Trinajstić information content (AvgIpc) is 2.62. The number of aromatic nitrogens is 4. The molecular weight excluding hydrogens is 316 g/mol. The van der Waals surface area contributed by atoms with Gasteiger partial charge in [-0.25, -0.2) is 9.97 Å². The molecule has 1 aliphatic rings. The molecule has 1 aromatic carbocycles. The van der Waals surface area contributed by atoms with Gasteiger partial charge in [-0.3, -0.25) is 0 Å². The van der Waals surface area contributed by atoms with Crippen molar-refractivity contribution in [2.24, 2.45) is 0 Å². The molecule has 2 aromatic heterocycles. The summed E-state index contributed by atoms with van der Waals surface area (Å²) < 4.78 is 5.81. The van der Waals surface area contributed by atoms with Crippen molar-refractivity contribution in [1.82, 2.24) is 19.9 Å². The highest BCUT2D eigenvalue weighted by Gasteiger charge is 2.25. The second kappa shape index (κ2) is 6.60. The molecule has 0 spiro atoms. The molecule has 1 aliphatic heterocycles. The number of morpholine rings is 1. The van der Waals surface area contributed by atoms with Crippen LogP contribution in [0.15, 0.2) is 42.7 Å². The molecule has 3 heterocycles. The van der Waals surface area contributed by atoms with E-state index >= 15 is 0 Å². The second-order valence-corrected chi connectivity index (χ2v) is 6.25. The zero-order chi connectivity index (χ0) is 17.2. The minimum Gasteiger partial charge on any atom is -0.372 e. The summed E-state index contributed by atoms with van der Waals surface area (Å²) in [7, 11) is 0. The first-order valence-corrected chi connectivity index (χ1v) is 8.40. The molecule has 0 radical (unpaired) electrons. The molecule has 4 rings (SSSR count). The van der Waals surface area contributed by atoms with Crippen LogP contribution >= 0.6 is 0 Å². The van der Waals surface area contributed by atoms with Crippen molar-refractivity contribution in [3.05, 3.63) is 42.7 Å². The fraction of sp³-hybridized carbons (Fsp3) is 0.333. The van der Waals surface area contributed by atoms with Crippen LogP contribution in [0.4, 0.5) is 17.5 Å². The number of hydrogen-bond acceptors (Lipinski definition) is 7. The Morgan fingerprint density at radius 2 is 1.72 bits per heavy atom. The van der Waals surface area contributed by atoms with E-state index in [4.69, 9.17) is 9.72 Å². The number of benzene rings is 1. The zero-order valence-electron chi connectivity index (χ0n) is 14.3. The van der Waals surface area contributed by atoms with Gasteiger partial charge < -0.3 is 15.0 Å². The predicted octanol–water partition coefficient (Wildman–Crippen LogP) is 2.78. The number of hydrogen-bond donors (Lipinski definition) is 1. The third-order valence-corrected chi connectivity index (χ3v) is 4.06. The number of nitrogens with one attached hydrogen (secondary N) is 1. The maximum Gasteiger partial charge on any atom is 0.229 e. The summed E-state index contributed by atoms with van der Waals surface area (Å²) in [4.78, 5) is 20.3. The minimum absolute atomic E-state index is 0.135. The molecule has 1 fully saturated rings. The summed E-state index contributed by atoms with van der Waals surface area (Å²) in [6.07, 6.45) is 3.57. The van der Waals surface area contributed by atoms with E-state index in [9.17, 15) is 0 Å². The normalized spacial score (nSPS) is 20.6. The fourth-order valence-electron chi connectivity index (χ4n) is 3.08. The van der Waals surface area contributed by atoms with Crippen LogP contribution in [0.2, 0.25) is 0 Å². The van der Waals surface area contributed by atoms with Crippen LogP contribution in [-0.2, 0) is 4.74 Å². The maximum atomic E-state index is 5.81. The highest BCUT2D eigenvalue weighted by atomic mass is 16.5. The summed E-state index contributed by atoms with van der Waals surface area (Å²) in [6, 6.07) is 9.91. The van der Waals surface area contributed by atoms with Crippen molar-refractivity contribution in [1.29, 1.82) is 0 Å². The largest absolute Gasteiger partial charge is 0.372 e. The summed E-state index contributed by atoms with van der Waals surface area (Å²) >= 11 is 0. The van der Waals surface area contributed by atoms with Crippen LogP contribution in [0.1, 0.15) is 13.8 Å². The van der Waals surface area contributed by atoms with E-state index in [1.54, 1.807) is 12.4 Å². The van der Waals surface area contributed by atoms with Gasteiger partial charge in [0, 0.05) is 31.2 Å². The molecule has 7 nitrogen and oxygen atoms in total. The molecule has 128 valence electrons. The van der Waals surface area contributed by atoms with Gasteiger partial charge in [-0.05, 0) is 26.0 Å². The van der Waals surface area contributed by atoms with Crippen LogP contribution in [0.25, 0.3) is 11.2 Å². The topological polar surface area (TPSA) is 76.1 Å². The maximum absolute atomic E-state index is 5.81. The van der Waals surface area contributed by atoms with Crippen molar-refractivity contribution in [2.75, 3.05) is 23.3 Å². The van der Waals surface area contributed by atoms with E-state index in [0.29, 0.717) is 22.9 Å². The number of para-hydroxylation sites is 1. The highest BCUT2D eigenvalue weighted by Crippen LogP contribution is 2.25. The third-order valence-electron chi connectivity index (χ3n) is 4.06. The van der Waals surface area contributed by atoms with Gasteiger partial charge >= 0.3 is 0 Å². The Hall–Kier alpha value is -2.80. The average molecular weight is 336 g/mol. The molecule has 2 unspecified atom stereocenters. The van der Waals surface area contributed by atoms with Gasteiger partial charge in [-0.2, -0.15) is 9.97 Å². The van der Waals surface area contributed by atoms with Crippen LogP contribution in [-0.4, -0.2) is 45.2 Å². The number of fused-ring (bicyclic) bond motifs is 1. The Balaban J connectivity index is 1.76. The summed E-state index contributed by atoms with van der Waals surface area (Å²) in [5, 5.41) is 3.34. The van der Waals surface area contributed by atoms with Gasteiger partial charge in [0.1, 0.15) is 0 Å². The molecule has 25 heavy (non-hydrogen) atoms.